The van der Waals surface area contributed by atoms with Crippen LogP contribution in [0.1, 0.15) is 55.3 Å². The number of amides is 1. The highest BCUT2D eigenvalue weighted by Gasteiger charge is 2.26. The zero-order valence-electron chi connectivity index (χ0n) is 11.7. The van der Waals surface area contributed by atoms with Crippen molar-refractivity contribution in [1.29, 1.82) is 0 Å². The highest BCUT2D eigenvalue weighted by Crippen LogP contribution is 2.26. The van der Waals surface area contributed by atoms with Crippen molar-refractivity contribution in [3.8, 4) is 0 Å². The average molecular weight is 312 g/mol. The highest BCUT2D eigenvalue weighted by molar-refractivity contribution is 6.32. The molecule has 1 aliphatic rings. The molecule has 114 valence electrons. The van der Waals surface area contributed by atoms with Gasteiger partial charge in [0.25, 0.3) is 5.91 Å². The lowest BCUT2D eigenvalue weighted by atomic mass is 9.96. The molecule has 1 aliphatic carbocycles. The van der Waals surface area contributed by atoms with E-state index in [1.54, 1.807) is 0 Å². The minimum Gasteiger partial charge on any atom is -0.349 e. The fourth-order valence-corrected chi connectivity index (χ4v) is 2.88. The van der Waals surface area contributed by atoms with Crippen LogP contribution in [0.5, 0.6) is 0 Å². The number of hydrogen-bond donors (Lipinski definition) is 1. The zero-order valence-corrected chi connectivity index (χ0v) is 12.4. The lowest BCUT2D eigenvalue weighted by molar-refractivity contribution is -0.385. The molecule has 1 heterocycles. The Morgan fingerprint density at radius 1 is 1.29 bits per heavy atom. The van der Waals surface area contributed by atoms with Crippen molar-refractivity contribution in [1.82, 2.24) is 10.3 Å². The van der Waals surface area contributed by atoms with Crippen molar-refractivity contribution < 1.29 is 9.72 Å². The van der Waals surface area contributed by atoms with Crippen LogP contribution in [0.4, 0.5) is 5.69 Å². The molecule has 1 amide bonds. The number of halogens is 1. The molecule has 0 aliphatic heterocycles. The zero-order chi connectivity index (χ0) is 15.2. The first-order chi connectivity index (χ1) is 10.1. The molecule has 0 spiro atoms. The van der Waals surface area contributed by atoms with Crippen molar-refractivity contribution in [3.05, 3.63) is 33.1 Å². The summed E-state index contributed by atoms with van der Waals surface area (Å²) in [5.41, 5.74) is -0.454. The molecule has 1 fully saturated rings. The first-order valence-electron chi connectivity index (χ1n) is 7.19. The standard InChI is InChI=1S/C14H18ClN3O3/c15-13-12(18(20)21)11(8-9-16-13)14(19)17-10-6-4-2-1-3-5-7-10/h8-10H,1-7H2,(H,17,19). The van der Waals surface area contributed by atoms with Crippen LogP contribution >= 0.6 is 11.6 Å². The largest absolute Gasteiger partial charge is 0.349 e. The molecule has 0 saturated heterocycles. The molecule has 21 heavy (non-hydrogen) atoms. The van der Waals surface area contributed by atoms with E-state index >= 15 is 0 Å². The van der Waals surface area contributed by atoms with Crippen LogP contribution in [-0.4, -0.2) is 21.9 Å². The van der Waals surface area contributed by atoms with Crippen LogP contribution in [0.2, 0.25) is 5.15 Å². The smallest absolute Gasteiger partial charge is 0.319 e. The van der Waals surface area contributed by atoms with Crippen molar-refractivity contribution in [2.24, 2.45) is 0 Å². The van der Waals surface area contributed by atoms with Gasteiger partial charge in [0.2, 0.25) is 5.15 Å². The van der Waals surface area contributed by atoms with Gasteiger partial charge in [0, 0.05) is 12.2 Å². The molecular formula is C14H18ClN3O3. The Balaban J connectivity index is 2.12. The van der Waals surface area contributed by atoms with Crippen molar-refractivity contribution in [2.75, 3.05) is 0 Å². The van der Waals surface area contributed by atoms with E-state index in [-0.39, 0.29) is 16.8 Å². The number of carbonyl (C=O) groups is 1. The first-order valence-corrected chi connectivity index (χ1v) is 7.57. The topological polar surface area (TPSA) is 85.1 Å². The summed E-state index contributed by atoms with van der Waals surface area (Å²) in [6, 6.07) is 1.41. The van der Waals surface area contributed by atoms with Gasteiger partial charge in [-0.1, -0.05) is 43.7 Å². The summed E-state index contributed by atoms with van der Waals surface area (Å²) in [4.78, 5) is 26.3. The molecule has 1 aromatic rings. The Bertz CT molecular complexity index is 528. The minimum absolute atomic E-state index is 0.0259. The Morgan fingerprint density at radius 2 is 1.90 bits per heavy atom. The van der Waals surface area contributed by atoms with Crippen molar-refractivity contribution in [3.63, 3.8) is 0 Å². The van der Waals surface area contributed by atoms with Gasteiger partial charge >= 0.3 is 5.69 Å². The average Bonchev–Trinajstić information content (AvgIpc) is 2.40. The molecule has 1 aromatic heterocycles. The molecule has 0 aromatic carbocycles. The number of rotatable bonds is 3. The molecule has 0 bridgehead atoms. The second-order valence-electron chi connectivity index (χ2n) is 5.27. The van der Waals surface area contributed by atoms with E-state index in [4.69, 9.17) is 11.6 Å². The number of pyridine rings is 1. The van der Waals surface area contributed by atoms with Crippen LogP contribution in [0.3, 0.4) is 0 Å². The summed E-state index contributed by atoms with van der Waals surface area (Å²) in [7, 11) is 0. The van der Waals surface area contributed by atoms with Crippen molar-refractivity contribution >= 4 is 23.2 Å². The van der Waals surface area contributed by atoms with Crippen LogP contribution in [-0.2, 0) is 0 Å². The fourth-order valence-electron chi connectivity index (χ4n) is 2.65. The highest BCUT2D eigenvalue weighted by atomic mass is 35.5. The minimum atomic E-state index is -0.664. The van der Waals surface area contributed by atoms with E-state index < -0.39 is 16.5 Å². The molecule has 7 heteroatoms. The predicted molar refractivity (Wildman–Crippen MR) is 79.5 cm³/mol. The molecule has 1 N–H and O–H groups in total. The van der Waals surface area contributed by atoms with E-state index in [1.807, 2.05) is 0 Å². The van der Waals surface area contributed by atoms with Gasteiger partial charge in [-0.2, -0.15) is 0 Å². The summed E-state index contributed by atoms with van der Waals surface area (Å²) >= 11 is 5.73. The molecule has 1 saturated carbocycles. The number of nitrogens with one attached hydrogen (secondary N) is 1. The van der Waals surface area contributed by atoms with E-state index in [9.17, 15) is 14.9 Å². The number of hydrogen-bond acceptors (Lipinski definition) is 4. The summed E-state index contributed by atoms with van der Waals surface area (Å²) in [6.07, 6.45) is 8.88. The third-order valence-corrected chi connectivity index (χ3v) is 4.02. The van der Waals surface area contributed by atoms with Gasteiger partial charge in [-0.05, 0) is 18.9 Å². The third-order valence-electron chi connectivity index (χ3n) is 3.75. The van der Waals surface area contributed by atoms with Crippen LogP contribution < -0.4 is 5.32 Å². The van der Waals surface area contributed by atoms with Gasteiger partial charge in [-0.15, -0.1) is 0 Å². The summed E-state index contributed by atoms with van der Waals surface area (Å²) in [6.45, 7) is 0. The predicted octanol–water partition coefficient (Wildman–Crippen LogP) is 3.49. The molecule has 6 nitrogen and oxygen atoms in total. The summed E-state index contributed by atoms with van der Waals surface area (Å²) in [5.74, 6) is -0.448. The van der Waals surface area contributed by atoms with E-state index in [2.05, 4.69) is 10.3 Å². The number of aromatic nitrogens is 1. The SMILES string of the molecule is O=C(NC1CCCCCCC1)c1ccnc(Cl)c1[N+](=O)[O-]. The van der Waals surface area contributed by atoms with Crippen LogP contribution in [0.15, 0.2) is 12.3 Å². The Kier molecular flexibility index (Phi) is 5.50. The Labute approximate surface area is 128 Å². The van der Waals surface area contributed by atoms with Gasteiger partial charge in [-0.3, -0.25) is 14.9 Å². The maximum absolute atomic E-state index is 12.3. The molecule has 2 rings (SSSR count). The van der Waals surface area contributed by atoms with Gasteiger partial charge in [0.15, 0.2) is 0 Å². The maximum Gasteiger partial charge on any atom is 0.319 e. The lowest BCUT2D eigenvalue weighted by Gasteiger charge is -2.21. The van der Waals surface area contributed by atoms with Gasteiger partial charge in [0.05, 0.1) is 4.92 Å². The molecular weight excluding hydrogens is 294 g/mol. The second-order valence-corrected chi connectivity index (χ2v) is 5.63. The van der Waals surface area contributed by atoms with Gasteiger partial charge in [0.1, 0.15) is 5.56 Å². The second kappa shape index (κ2) is 7.36. The number of carbonyl (C=O) groups excluding carboxylic acids is 1. The maximum atomic E-state index is 12.3. The van der Waals surface area contributed by atoms with E-state index in [0.29, 0.717) is 0 Å². The number of nitrogens with zero attached hydrogens (tertiary/aromatic N) is 2. The van der Waals surface area contributed by atoms with Crippen LogP contribution in [0.25, 0.3) is 0 Å². The molecule has 0 atom stereocenters. The van der Waals surface area contributed by atoms with E-state index in [1.165, 1.54) is 31.5 Å². The molecule has 0 radical (unpaired) electrons. The number of nitro groups is 1. The van der Waals surface area contributed by atoms with Crippen molar-refractivity contribution in [2.45, 2.75) is 51.0 Å². The Hall–Kier alpha value is -1.69. The monoisotopic (exact) mass is 311 g/mol. The fraction of sp³-hybridized carbons (Fsp3) is 0.571. The first kappa shape index (κ1) is 15.7. The van der Waals surface area contributed by atoms with Gasteiger partial charge < -0.3 is 5.32 Å². The summed E-state index contributed by atoms with van der Waals surface area (Å²) < 4.78 is 0. The Morgan fingerprint density at radius 3 is 2.52 bits per heavy atom. The van der Waals surface area contributed by atoms with Gasteiger partial charge in [-0.25, -0.2) is 4.98 Å². The summed E-state index contributed by atoms with van der Waals surface area (Å²) in [5, 5.41) is 13.7. The van der Waals surface area contributed by atoms with Crippen LogP contribution in [0, 0.1) is 10.1 Å². The quantitative estimate of drug-likeness (QED) is 0.526. The lowest BCUT2D eigenvalue weighted by Crippen LogP contribution is -2.35. The normalized spacial score (nSPS) is 16.8. The molecule has 0 unspecified atom stereocenters. The van der Waals surface area contributed by atoms with E-state index in [0.717, 1.165) is 25.7 Å². The third kappa shape index (κ3) is 4.14.